The lowest BCUT2D eigenvalue weighted by atomic mass is 10.0. The molecule has 2 rings (SSSR count). The van der Waals surface area contributed by atoms with Gasteiger partial charge in [-0.25, -0.2) is 4.79 Å². The summed E-state index contributed by atoms with van der Waals surface area (Å²) in [6.45, 7) is 4.61. The van der Waals surface area contributed by atoms with Crippen LogP contribution in [0, 0.1) is 6.92 Å². The third-order valence-corrected chi connectivity index (χ3v) is 3.20. The number of ether oxygens (including phenoxy) is 1. The van der Waals surface area contributed by atoms with Crippen LogP contribution in [0.1, 0.15) is 30.0 Å². The Morgan fingerprint density at radius 3 is 2.59 bits per heavy atom. The van der Waals surface area contributed by atoms with Gasteiger partial charge in [-0.05, 0) is 60.4 Å². The van der Waals surface area contributed by atoms with Gasteiger partial charge in [0.05, 0.1) is 12.2 Å². The number of rotatable bonds is 6. The maximum absolute atomic E-state index is 11.6. The predicted molar refractivity (Wildman–Crippen MR) is 86.7 cm³/mol. The van der Waals surface area contributed by atoms with E-state index >= 15 is 0 Å². The lowest BCUT2D eigenvalue weighted by Crippen LogP contribution is -2.02. The van der Waals surface area contributed by atoms with Gasteiger partial charge in [0.2, 0.25) is 0 Å². The normalized spacial score (nSPS) is 11.3. The smallest absolute Gasteiger partial charge is 0.336 e. The molecule has 2 aromatic rings. The van der Waals surface area contributed by atoms with E-state index in [1.54, 1.807) is 36.7 Å². The van der Waals surface area contributed by atoms with Crippen molar-refractivity contribution in [1.29, 1.82) is 0 Å². The number of aryl methyl sites for hydroxylation is 1. The molecule has 0 aliphatic rings. The Morgan fingerprint density at radius 2 is 2.00 bits per heavy atom. The standard InChI is InChI=1S/C18H19NO3/c1-3-10-22-17-5-4-15(11-13(17)2)16(18(20)21)12-14-6-8-19-9-7-14/h4-9,11-12H,3,10H2,1-2H3,(H,20,21)/b16-12-. The summed E-state index contributed by atoms with van der Waals surface area (Å²) >= 11 is 0. The topological polar surface area (TPSA) is 59.4 Å². The number of pyridine rings is 1. The van der Waals surface area contributed by atoms with E-state index in [2.05, 4.69) is 4.98 Å². The summed E-state index contributed by atoms with van der Waals surface area (Å²) in [4.78, 5) is 15.5. The average molecular weight is 297 g/mol. The lowest BCUT2D eigenvalue weighted by molar-refractivity contribution is -0.130. The Hall–Kier alpha value is -2.62. The van der Waals surface area contributed by atoms with Gasteiger partial charge in [-0.15, -0.1) is 0 Å². The molecule has 0 aliphatic heterocycles. The minimum atomic E-state index is -0.960. The first-order chi connectivity index (χ1) is 10.6. The molecule has 0 fully saturated rings. The second kappa shape index (κ2) is 7.41. The van der Waals surface area contributed by atoms with Crippen LogP contribution in [-0.4, -0.2) is 22.7 Å². The molecule has 4 nitrogen and oxygen atoms in total. The number of hydrogen-bond acceptors (Lipinski definition) is 3. The van der Waals surface area contributed by atoms with Gasteiger partial charge in [-0.1, -0.05) is 13.0 Å². The average Bonchev–Trinajstić information content (AvgIpc) is 2.52. The van der Waals surface area contributed by atoms with Crippen LogP contribution in [0.2, 0.25) is 0 Å². The van der Waals surface area contributed by atoms with Crippen LogP contribution in [0.15, 0.2) is 42.7 Å². The van der Waals surface area contributed by atoms with E-state index in [1.807, 2.05) is 26.0 Å². The highest BCUT2D eigenvalue weighted by atomic mass is 16.5. The van der Waals surface area contributed by atoms with Gasteiger partial charge in [0.25, 0.3) is 0 Å². The molecule has 0 saturated carbocycles. The summed E-state index contributed by atoms with van der Waals surface area (Å²) in [5.74, 6) is -0.169. The molecule has 1 aromatic heterocycles. The summed E-state index contributed by atoms with van der Waals surface area (Å²) in [6.07, 6.45) is 5.85. The molecule has 114 valence electrons. The van der Waals surface area contributed by atoms with Crippen molar-refractivity contribution in [1.82, 2.24) is 4.98 Å². The Kier molecular flexibility index (Phi) is 5.31. The third kappa shape index (κ3) is 3.95. The van der Waals surface area contributed by atoms with Crippen LogP contribution in [0.3, 0.4) is 0 Å². The van der Waals surface area contributed by atoms with Crippen molar-refractivity contribution in [3.63, 3.8) is 0 Å². The SMILES string of the molecule is CCCOc1ccc(/C(=C/c2ccncc2)C(=O)O)cc1C. The third-order valence-electron chi connectivity index (χ3n) is 3.20. The molecule has 0 radical (unpaired) electrons. The van der Waals surface area contributed by atoms with Crippen LogP contribution < -0.4 is 4.74 Å². The zero-order valence-electron chi connectivity index (χ0n) is 12.7. The summed E-state index contributed by atoms with van der Waals surface area (Å²) in [5.41, 5.74) is 2.63. The van der Waals surface area contributed by atoms with Gasteiger partial charge in [0.15, 0.2) is 0 Å². The molecule has 0 spiro atoms. The molecule has 1 N–H and O–H groups in total. The second-order valence-corrected chi connectivity index (χ2v) is 4.97. The van der Waals surface area contributed by atoms with Crippen molar-refractivity contribution in [2.75, 3.05) is 6.61 Å². The van der Waals surface area contributed by atoms with Gasteiger partial charge in [0.1, 0.15) is 5.75 Å². The second-order valence-electron chi connectivity index (χ2n) is 4.97. The molecule has 0 atom stereocenters. The van der Waals surface area contributed by atoms with E-state index in [4.69, 9.17) is 4.74 Å². The molecule has 0 unspecified atom stereocenters. The molecule has 0 saturated heterocycles. The number of nitrogens with zero attached hydrogens (tertiary/aromatic N) is 1. The van der Waals surface area contributed by atoms with E-state index in [-0.39, 0.29) is 5.57 Å². The van der Waals surface area contributed by atoms with Crippen molar-refractivity contribution in [2.24, 2.45) is 0 Å². The molecule has 0 bridgehead atoms. The first kappa shape index (κ1) is 15.8. The molecule has 1 heterocycles. The van der Waals surface area contributed by atoms with Crippen molar-refractivity contribution in [2.45, 2.75) is 20.3 Å². The van der Waals surface area contributed by atoms with Gasteiger partial charge < -0.3 is 9.84 Å². The molecule has 4 heteroatoms. The first-order valence-electron chi connectivity index (χ1n) is 7.20. The van der Waals surface area contributed by atoms with Crippen molar-refractivity contribution in [3.8, 4) is 5.75 Å². The summed E-state index contributed by atoms with van der Waals surface area (Å²) in [7, 11) is 0. The van der Waals surface area contributed by atoms with Crippen LogP contribution >= 0.6 is 0 Å². The summed E-state index contributed by atoms with van der Waals surface area (Å²) in [6, 6.07) is 8.98. The van der Waals surface area contributed by atoms with Gasteiger partial charge >= 0.3 is 5.97 Å². The van der Waals surface area contributed by atoms with Crippen LogP contribution in [-0.2, 0) is 4.79 Å². The maximum Gasteiger partial charge on any atom is 0.336 e. The zero-order valence-corrected chi connectivity index (χ0v) is 12.7. The highest BCUT2D eigenvalue weighted by molar-refractivity contribution is 6.20. The van der Waals surface area contributed by atoms with E-state index in [1.165, 1.54) is 0 Å². The number of aromatic nitrogens is 1. The fraction of sp³-hybridized carbons (Fsp3) is 0.222. The first-order valence-corrected chi connectivity index (χ1v) is 7.20. The minimum absolute atomic E-state index is 0.247. The summed E-state index contributed by atoms with van der Waals surface area (Å²) in [5, 5.41) is 9.47. The summed E-state index contributed by atoms with van der Waals surface area (Å²) < 4.78 is 5.62. The molecular formula is C18H19NO3. The zero-order chi connectivity index (χ0) is 15.9. The van der Waals surface area contributed by atoms with E-state index in [0.29, 0.717) is 12.2 Å². The highest BCUT2D eigenvalue weighted by Gasteiger charge is 2.12. The van der Waals surface area contributed by atoms with E-state index < -0.39 is 5.97 Å². The quantitative estimate of drug-likeness (QED) is 0.824. The molecule has 0 amide bonds. The number of carboxylic acid groups (broad SMARTS) is 1. The van der Waals surface area contributed by atoms with Crippen LogP contribution in [0.4, 0.5) is 0 Å². The minimum Gasteiger partial charge on any atom is -0.493 e. The number of benzene rings is 1. The Labute approximate surface area is 130 Å². The Morgan fingerprint density at radius 1 is 1.27 bits per heavy atom. The fourth-order valence-electron chi connectivity index (χ4n) is 2.09. The molecule has 0 aliphatic carbocycles. The predicted octanol–water partition coefficient (Wildman–Crippen LogP) is 3.80. The van der Waals surface area contributed by atoms with E-state index in [0.717, 1.165) is 23.3 Å². The van der Waals surface area contributed by atoms with Crippen molar-refractivity contribution < 1.29 is 14.6 Å². The largest absolute Gasteiger partial charge is 0.493 e. The maximum atomic E-state index is 11.6. The number of carboxylic acids is 1. The van der Waals surface area contributed by atoms with Crippen molar-refractivity contribution >= 4 is 17.6 Å². The molecular weight excluding hydrogens is 278 g/mol. The van der Waals surface area contributed by atoms with Crippen LogP contribution in [0.25, 0.3) is 11.6 Å². The monoisotopic (exact) mass is 297 g/mol. The Balaban J connectivity index is 2.36. The Bertz CT molecular complexity index is 678. The number of carbonyl (C=O) groups is 1. The molecule has 22 heavy (non-hydrogen) atoms. The fourth-order valence-corrected chi connectivity index (χ4v) is 2.09. The van der Waals surface area contributed by atoms with Crippen molar-refractivity contribution in [3.05, 3.63) is 59.4 Å². The van der Waals surface area contributed by atoms with Gasteiger partial charge in [-0.3, -0.25) is 4.98 Å². The van der Waals surface area contributed by atoms with Crippen LogP contribution in [0.5, 0.6) is 5.75 Å². The van der Waals surface area contributed by atoms with E-state index in [9.17, 15) is 9.90 Å². The lowest BCUT2D eigenvalue weighted by Gasteiger charge is -2.10. The number of aliphatic carboxylic acids is 1. The van der Waals surface area contributed by atoms with Gasteiger partial charge in [-0.2, -0.15) is 0 Å². The van der Waals surface area contributed by atoms with Gasteiger partial charge in [0, 0.05) is 12.4 Å². The highest BCUT2D eigenvalue weighted by Crippen LogP contribution is 2.25. The molecule has 1 aromatic carbocycles. The number of hydrogen-bond donors (Lipinski definition) is 1.